The van der Waals surface area contributed by atoms with Crippen LogP contribution in [0.1, 0.15) is 29.4 Å². The van der Waals surface area contributed by atoms with E-state index in [1.54, 1.807) is 10.7 Å². The minimum atomic E-state index is -0.0463. The van der Waals surface area contributed by atoms with E-state index in [1.807, 2.05) is 38.4 Å². The summed E-state index contributed by atoms with van der Waals surface area (Å²) < 4.78 is 1.66. The number of nitrogens with zero attached hydrogens (tertiary/aromatic N) is 3. The van der Waals surface area contributed by atoms with E-state index in [1.165, 1.54) is 0 Å². The number of benzene rings is 1. The van der Waals surface area contributed by atoms with Crippen molar-refractivity contribution < 1.29 is 4.79 Å². The van der Waals surface area contributed by atoms with Gasteiger partial charge in [-0.2, -0.15) is 0 Å². The second kappa shape index (κ2) is 6.70. The van der Waals surface area contributed by atoms with Crippen LogP contribution in [0.15, 0.2) is 30.5 Å². The number of aryl methyl sites for hydroxylation is 1. The molecule has 0 saturated heterocycles. The Morgan fingerprint density at radius 1 is 1.40 bits per heavy atom. The van der Waals surface area contributed by atoms with Crippen molar-refractivity contribution in [3.8, 4) is 0 Å². The lowest BCUT2D eigenvalue weighted by Gasteiger charge is -2.07. The lowest BCUT2D eigenvalue weighted by atomic mass is 10.2. The van der Waals surface area contributed by atoms with Crippen molar-refractivity contribution in [1.29, 1.82) is 0 Å². The fourth-order valence-corrected chi connectivity index (χ4v) is 1.78. The van der Waals surface area contributed by atoms with Crippen molar-refractivity contribution in [2.24, 2.45) is 7.05 Å². The first-order valence-electron chi connectivity index (χ1n) is 6.66. The number of hydrogen-bond acceptors (Lipinski definition) is 4. The van der Waals surface area contributed by atoms with Gasteiger partial charge in [-0.15, -0.1) is 5.10 Å². The summed E-state index contributed by atoms with van der Waals surface area (Å²) in [5.41, 5.74) is 2.40. The van der Waals surface area contributed by atoms with E-state index in [0.717, 1.165) is 17.8 Å². The molecule has 0 fully saturated rings. The summed E-state index contributed by atoms with van der Waals surface area (Å²) in [5.74, 6) is -0.0463. The van der Waals surface area contributed by atoms with E-state index in [4.69, 9.17) is 0 Å². The van der Waals surface area contributed by atoms with Crippen LogP contribution >= 0.6 is 0 Å². The Hall–Kier alpha value is -2.37. The van der Waals surface area contributed by atoms with Gasteiger partial charge >= 0.3 is 0 Å². The van der Waals surface area contributed by atoms with Gasteiger partial charge in [-0.1, -0.05) is 18.2 Å². The Morgan fingerprint density at radius 2 is 2.25 bits per heavy atom. The number of nitrogens with one attached hydrogen (secondary N) is 2. The summed E-state index contributed by atoms with van der Waals surface area (Å²) in [6, 6.07) is 7.42. The molecule has 0 saturated carbocycles. The van der Waals surface area contributed by atoms with Gasteiger partial charge in [0.05, 0.1) is 6.54 Å². The van der Waals surface area contributed by atoms with Gasteiger partial charge in [0, 0.05) is 31.0 Å². The van der Waals surface area contributed by atoms with Gasteiger partial charge in [0.2, 0.25) is 0 Å². The van der Waals surface area contributed by atoms with Gasteiger partial charge in [0.1, 0.15) is 5.69 Å². The molecule has 1 aromatic heterocycles. The van der Waals surface area contributed by atoms with Crippen LogP contribution in [0.5, 0.6) is 0 Å². The van der Waals surface area contributed by atoms with Gasteiger partial charge in [-0.05, 0) is 24.6 Å². The number of carbonyl (C=O) groups is 1. The summed E-state index contributed by atoms with van der Waals surface area (Å²) in [5, 5.41) is 14.0. The zero-order valence-electron chi connectivity index (χ0n) is 11.8. The van der Waals surface area contributed by atoms with Crippen LogP contribution in [0.3, 0.4) is 0 Å². The molecule has 1 aromatic carbocycles. The van der Waals surface area contributed by atoms with Crippen molar-refractivity contribution in [3.63, 3.8) is 0 Å². The Labute approximate surface area is 118 Å². The van der Waals surface area contributed by atoms with E-state index >= 15 is 0 Å². The smallest absolute Gasteiger partial charge is 0.251 e. The van der Waals surface area contributed by atoms with E-state index in [2.05, 4.69) is 20.9 Å². The van der Waals surface area contributed by atoms with Crippen molar-refractivity contribution in [2.45, 2.75) is 19.9 Å². The molecule has 2 N–H and O–H groups in total. The molecule has 0 bridgehead atoms. The Balaban J connectivity index is 1.97. The molecule has 1 heterocycles. The highest BCUT2D eigenvalue weighted by atomic mass is 16.1. The van der Waals surface area contributed by atoms with Crippen LogP contribution in [0.4, 0.5) is 5.69 Å². The molecule has 2 aromatic rings. The van der Waals surface area contributed by atoms with Gasteiger partial charge in [0.15, 0.2) is 0 Å². The Morgan fingerprint density at radius 3 is 2.95 bits per heavy atom. The fraction of sp³-hybridized carbons (Fsp3) is 0.357. The number of amides is 1. The SMILES string of the molecule is CCCNC(=O)c1cccc(NCc2cn(C)nn2)c1. The second-order valence-corrected chi connectivity index (χ2v) is 4.57. The average Bonchev–Trinajstić information content (AvgIpc) is 2.88. The first-order chi connectivity index (χ1) is 9.69. The molecular weight excluding hydrogens is 254 g/mol. The van der Waals surface area contributed by atoms with E-state index in [0.29, 0.717) is 18.7 Å². The molecule has 0 radical (unpaired) electrons. The summed E-state index contributed by atoms with van der Waals surface area (Å²) >= 11 is 0. The highest BCUT2D eigenvalue weighted by Gasteiger charge is 2.05. The fourth-order valence-electron chi connectivity index (χ4n) is 1.78. The van der Waals surface area contributed by atoms with Crippen LogP contribution in [0.2, 0.25) is 0 Å². The number of aromatic nitrogens is 3. The third-order valence-corrected chi connectivity index (χ3v) is 2.78. The minimum absolute atomic E-state index is 0.0463. The number of anilines is 1. The lowest BCUT2D eigenvalue weighted by molar-refractivity contribution is 0.0953. The predicted molar refractivity (Wildman–Crippen MR) is 77.4 cm³/mol. The van der Waals surface area contributed by atoms with E-state index in [-0.39, 0.29) is 5.91 Å². The average molecular weight is 273 g/mol. The van der Waals surface area contributed by atoms with Gasteiger partial charge < -0.3 is 10.6 Å². The molecular formula is C14H19N5O. The standard InChI is InChI=1S/C14H19N5O/c1-3-7-15-14(20)11-5-4-6-12(8-11)16-9-13-10-19(2)18-17-13/h4-6,8,10,16H,3,7,9H2,1-2H3,(H,15,20). The maximum atomic E-state index is 11.9. The molecule has 0 aliphatic heterocycles. The van der Waals surface area contributed by atoms with E-state index < -0.39 is 0 Å². The molecule has 1 amide bonds. The molecule has 6 nitrogen and oxygen atoms in total. The summed E-state index contributed by atoms with van der Waals surface area (Å²) in [6.07, 6.45) is 2.78. The summed E-state index contributed by atoms with van der Waals surface area (Å²) in [4.78, 5) is 11.9. The highest BCUT2D eigenvalue weighted by Crippen LogP contribution is 2.11. The monoisotopic (exact) mass is 273 g/mol. The van der Waals surface area contributed by atoms with Crippen LogP contribution in [-0.2, 0) is 13.6 Å². The number of hydrogen-bond donors (Lipinski definition) is 2. The quantitative estimate of drug-likeness (QED) is 0.838. The molecule has 2 rings (SSSR count). The van der Waals surface area contributed by atoms with Gasteiger partial charge in [-0.25, -0.2) is 0 Å². The summed E-state index contributed by atoms with van der Waals surface area (Å²) in [7, 11) is 1.83. The van der Waals surface area contributed by atoms with Crippen LogP contribution in [0.25, 0.3) is 0 Å². The van der Waals surface area contributed by atoms with E-state index in [9.17, 15) is 4.79 Å². The maximum Gasteiger partial charge on any atom is 0.251 e. The van der Waals surface area contributed by atoms with Crippen molar-refractivity contribution in [1.82, 2.24) is 20.3 Å². The first-order valence-corrected chi connectivity index (χ1v) is 6.66. The first kappa shape index (κ1) is 14.0. The van der Waals surface area contributed by atoms with Gasteiger partial charge in [-0.3, -0.25) is 9.48 Å². The number of carbonyl (C=O) groups excluding carboxylic acids is 1. The highest BCUT2D eigenvalue weighted by molar-refractivity contribution is 5.95. The topological polar surface area (TPSA) is 71.8 Å². The van der Waals surface area contributed by atoms with Crippen LogP contribution in [0, 0.1) is 0 Å². The molecule has 0 aliphatic carbocycles. The third kappa shape index (κ3) is 3.81. The van der Waals surface area contributed by atoms with Crippen LogP contribution < -0.4 is 10.6 Å². The maximum absolute atomic E-state index is 11.9. The molecule has 6 heteroatoms. The molecule has 0 spiro atoms. The Kier molecular flexibility index (Phi) is 4.70. The lowest BCUT2D eigenvalue weighted by Crippen LogP contribution is -2.23. The zero-order valence-corrected chi connectivity index (χ0v) is 11.8. The normalized spacial score (nSPS) is 10.3. The van der Waals surface area contributed by atoms with Gasteiger partial charge in [0.25, 0.3) is 5.91 Å². The van der Waals surface area contributed by atoms with Crippen molar-refractivity contribution in [3.05, 3.63) is 41.7 Å². The largest absolute Gasteiger partial charge is 0.379 e. The molecule has 20 heavy (non-hydrogen) atoms. The van der Waals surface area contributed by atoms with Crippen LogP contribution in [-0.4, -0.2) is 27.4 Å². The third-order valence-electron chi connectivity index (χ3n) is 2.78. The molecule has 0 atom stereocenters. The second-order valence-electron chi connectivity index (χ2n) is 4.57. The molecule has 0 aliphatic rings. The molecule has 0 unspecified atom stereocenters. The minimum Gasteiger partial charge on any atom is -0.379 e. The number of rotatable bonds is 6. The Bertz CT molecular complexity index is 578. The predicted octanol–water partition coefficient (Wildman–Crippen LogP) is 1.57. The molecule has 106 valence electrons. The van der Waals surface area contributed by atoms with Crippen molar-refractivity contribution >= 4 is 11.6 Å². The van der Waals surface area contributed by atoms with Crippen molar-refractivity contribution in [2.75, 3.05) is 11.9 Å². The zero-order chi connectivity index (χ0) is 14.4. The summed E-state index contributed by atoms with van der Waals surface area (Å²) in [6.45, 7) is 3.29.